The number of aromatic nitrogens is 2. The van der Waals surface area contributed by atoms with Crippen molar-refractivity contribution in [3.8, 4) is 0 Å². The lowest BCUT2D eigenvalue weighted by atomic mass is 9.99. The largest absolute Gasteiger partial charge is 0.346 e. The maximum absolute atomic E-state index is 12.2. The summed E-state index contributed by atoms with van der Waals surface area (Å²) in [5.41, 5.74) is 1.60. The van der Waals surface area contributed by atoms with Gasteiger partial charge >= 0.3 is 0 Å². The lowest BCUT2D eigenvalue weighted by Crippen LogP contribution is -2.45. The summed E-state index contributed by atoms with van der Waals surface area (Å²) in [5, 5.41) is 10.5. The number of amides is 1. The van der Waals surface area contributed by atoms with Gasteiger partial charge in [-0.1, -0.05) is 0 Å². The molecule has 3 N–H and O–H groups in total. The standard InChI is InChI=1S/C15H22N4O/c1-9(7-10(2)16)13-17-8-12(18-13)14(20)19-15(3,4)11-5-6-11/h7-8,11,16H,5-6H2,1-4H3,(H,17,18)(H,19,20)/b9-7-,16-10?. The van der Waals surface area contributed by atoms with Gasteiger partial charge in [0, 0.05) is 11.3 Å². The highest BCUT2D eigenvalue weighted by Crippen LogP contribution is 2.39. The molecular weight excluding hydrogens is 252 g/mol. The average molecular weight is 274 g/mol. The SMILES string of the molecule is CC(=N)/C=C(/C)c1ncc(C(=O)NC(C)(C)C2CC2)[nH]1. The number of carbonyl (C=O) groups is 1. The smallest absolute Gasteiger partial charge is 0.269 e. The first-order valence-electron chi connectivity index (χ1n) is 6.91. The molecule has 0 unspecified atom stereocenters. The molecule has 0 bridgehead atoms. The predicted molar refractivity (Wildman–Crippen MR) is 79.9 cm³/mol. The first-order valence-corrected chi connectivity index (χ1v) is 6.91. The summed E-state index contributed by atoms with van der Waals surface area (Å²) in [6.45, 7) is 7.69. The normalized spacial score (nSPS) is 16.1. The lowest BCUT2D eigenvalue weighted by molar-refractivity contribution is 0.0898. The zero-order valence-corrected chi connectivity index (χ0v) is 12.5. The molecule has 1 aromatic heterocycles. The van der Waals surface area contributed by atoms with Crippen LogP contribution in [0.1, 0.15) is 56.8 Å². The van der Waals surface area contributed by atoms with Gasteiger partial charge < -0.3 is 15.7 Å². The van der Waals surface area contributed by atoms with E-state index >= 15 is 0 Å². The number of hydrogen-bond donors (Lipinski definition) is 3. The van der Waals surface area contributed by atoms with E-state index in [0.717, 1.165) is 5.57 Å². The predicted octanol–water partition coefficient (Wildman–Crippen LogP) is 2.77. The molecule has 2 rings (SSSR count). The number of nitrogens with zero attached hydrogens (tertiary/aromatic N) is 1. The summed E-state index contributed by atoms with van der Waals surface area (Å²) in [6.07, 6.45) is 5.63. The Labute approximate surface area is 119 Å². The van der Waals surface area contributed by atoms with Crippen LogP contribution in [0.3, 0.4) is 0 Å². The van der Waals surface area contributed by atoms with Crippen molar-refractivity contribution >= 4 is 17.2 Å². The second-order valence-corrected chi connectivity index (χ2v) is 6.11. The third kappa shape index (κ3) is 3.35. The summed E-state index contributed by atoms with van der Waals surface area (Å²) < 4.78 is 0. The summed E-state index contributed by atoms with van der Waals surface area (Å²) in [4.78, 5) is 19.4. The second kappa shape index (κ2) is 5.23. The van der Waals surface area contributed by atoms with Crippen LogP contribution in [0.4, 0.5) is 0 Å². The Morgan fingerprint density at radius 3 is 2.70 bits per heavy atom. The van der Waals surface area contributed by atoms with Gasteiger partial charge in [-0.15, -0.1) is 0 Å². The van der Waals surface area contributed by atoms with Crippen molar-refractivity contribution in [1.82, 2.24) is 15.3 Å². The Morgan fingerprint density at radius 1 is 1.50 bits per heavy atom. The number of rotatable bonds is 5. The van der Waals surface area contributed by atoms with E-state index < -0.39 is 0 Å². The fraction of sp³-hybridized carbons (Fsp3) is 0.533. The van der Waals surface area contributed by atoms with Crippen LogP contribution in [0.25, 0.3) is 5.57 Å². The van der Waals surface area contributed by atoms with Crippen LogP contribution in [0, 0.1) is 11.3 Å². The third-order valence-corrected chi connectivity index (χ3v) is 3.66. The maximum atomic E-state index is 12.2. The quantitative estimate of drug-likeness (QED) is 0.722. The highest BCUT2D eigenvalue weighted by atomic mass is 16.2. The molecule has 1 amide bonds. The van der Waals surface area contributed by atoms with Crippen LogP contribution in [0.15, 0.2) is 12.3 Å². The van der Waals surface area contributed by atoms with E-state index in [4.69, 9.17) is 5.41 Å². The first kappa shape index (κ1) is 14.5. The molecule has 0 aromatic carbocycles. The summed E-state index contributed by atoms with van der Waals surface area (Å²) >= 11 is 0. The highest BCUT2D eigenvalue weighted by Gasteiger charge is 2.39. The molecule has 1 aromatic rings. The average Bonchev–Trinajstić information content (AvgIpc) is 3.06. The zero-order chi connectivity index (χ0) is 14.9. The molecule has 0 saturated heterocycles. The number of imidazole rings is 1. The fourth-order valence-electron chi connectivity index (χ4n) is 2.30. The van der Waals surface area contributed by atoms with Crippen molar-refractivity contribution in [1.29, 1.82) is 5.41 Å². The minimum absolute atomic E-state index is 0.125. The number of carbonyl (C=O) groups excluding carboxylic acids is 1. The van der Waals surface area contributed by atoms with E-state index in [0.29, 0.717) is 23.1 Å². The monoisotopic (exact) mass is 274 g/mol. The van der Waals surface area contributed by atoms with E-state index in [1.54, 1.807) is 19.2 Å². The molecule has 1 fully saturated rings. The van der Waals surface area contributed by atoms with E-state index in [1.165, 1.54) is 12.8 Å². The Hall–Kier alpha value is -1.91. The molecule has 5 heteroatoms. The van der Waals surface area contributed by atoms with Crippen molar-refractivity contribution in [3.63, 3.8) is 0 Å². The minimum atomic E-state index is -0.168. The molecule has 0 aliphatic heterocycles. The Balaban J connectivity index is 2.08. The number of nitrogens with one attached hydrogen (secondary N) is 3. The minimum Gasteiger partial charge on any atom is -0.346 e. The van der Waals surface area contributed by atoms with E-state index in [1.807, 2.05) is 6.92 Å². The second-order valence-electron chi connectivity index (χ2n) is 6.11. The van der Waals surface area contributed by atoms with Crippen molar-refractivity contribution < 1.29 is 4.79 Å². The molecule has 1 aliphatic carbocycles. The summed E-state index contributed by atoms with van der Waals surface area (Å²) in [7, 11) is 0. The molecule has 20 heavy (non-hydrogen) atoms. The first-order chi connectivity index (χ1) is 9.29. The van der Waals surface area contributed by atoms with Crippen LogP contribution >= 0.6 is 0 Å². The third-order valence-electron chi connectivity index (χ3n) is 3.66. The van der Waals surface area contributed by atoms with Crippen LogP contribution in [-0.2, 0) is 0 Å². The summed E-state index contributed by atoms with van der Waals surface area (Å²) in [6, 6.07) is 0. The van der Waals surface area contributed by atoms with Gasteiger partial charge in [0.2, 0.25) is 0 Å². The Morgan fingerprint density at radius 2 is 2.15 bits per heavy atom. The van der Waals surface area contributed by atoms with Crippen LogP contribution < -0.4 is 5.32 Å². The number of aromatic amines is 1. The molecule has 1 saturated carbocycles. The number of H-pyrrole nitrogens is 1. The molecule has 5 nitrogen and oxygen atoms in total. The number of hydrogen-bond acceptors (Lipinski definition) is 3. The van der Waals surface area contributed by atoms with E-state index in [-0.39, 0.29) is 11.4 Å². The van der Waals surface area contributed by atoms with Crippen molar-refractivity contribution in [2.24, 2.45) is 5.92 Å². The maximum Gasteiger partial charge on any atom is 0.269 e. The topological polar surface area (TPSA) is 81.6 Å². The van der Waals surface area contributed by atoms with Gasteiger partial charge in [-0.05, 0) is 58.1 Å². The van der Waals surface area contributed by atoms with Crippen molar-refractivity contribution in [3.05, 3.63) is 23.8 Å². The van der Waals surface area contributed by atoms with E-state index in [2.05, 4.69) is 29.1 Å². The van der Waals surface area contributed by atoms with Gasteiger partial charge in [0.05, 0.1) is 6.20 Å². The molecule has 108 valence electrons. The van der Waals surface area contributed by atoms with Crippen LogP contribution in [0.5, 0.6) is 0 Å². The zero-order valence-electron chi connectivity index (χ0n) is 12.5. The van der Waals surface area contributed by atoms with Gasteiger partial charge in [0.1, 0.15) is 11.5 Å². The Bertz CT molecular complexity index is 564. The molecule has 1 aliphatic rings. The summed E-state index contributed by atoms with van der Waals surface area (Å²) in [5.74, 6) is 1.09. The fourth-order valence-corrected chi connectivity index (χ4v) is 2.30. The molecular formula is C15H22N4O. The highest BCUT2D eigenvalue weighted by molar-refractivity contribution is 5.97. The van der Waals surface area contributed by atoms with Gasteiger partial charge in [-0.3, -0.25) is 4.79 Å². The molecule has 0 radical (unpaired) electrons. The van der Waals surface area contributed by atoms with Gasteiger partial charge in [-0.25, -0.2) is 4.98 Å². The molecule has 1 heterocycles. The van der Waals surface area contributed by atoms with Crippen LogP contribution in [-0.4, -0.2) is 27.1 Å². The van der Waals surface area contributed by atoms with Gasteiger partial charge in [0.25, 0.3) is 5.91 Å². The lowest BCUT2D eigenvalue weighted by Gasteiger charge is -2.25. The van der Waals surface area contributed by atoms with Gasteiger partial charge in [-0.2, -0.15) is 0 Å². The molecule has 0 atom stereocenters. The van der Waals surface area contributed by atoms with Crippen molar-refractivity contribution in [2.45, 2.75) is 46.1 Å². The van der Waals surface area contributed by atoms with Crippen LogP contribution in [0.2, 0.25) is 0 Å². The Kier molecular flexibility index (Phi) is 3.79. The number of allylic oxidation sites excluding steroid dienone is 2. The molecule has 0 spiro atoms. The van der Waals surface area contributed by atoms with Gasteiger partial charge in [0.15, 0.2) is 0 Å². The van der Waals surface area contributed by atoms with Crippen molar-refractivity contribution in [2.75, 3.05) is 0 Å². The van der Waals surface area contributed by atoms with E-state index in [9.17, 15) is 4.79 Å².